The monoisotopic (exact) mass is 337 g/mol. The number of hydrogen-bond acceptors (Lipinski definition) is 0. The Morgan fingerprint density at radius 1 is 1.06 bits per heavy atom. The summed E-state index contributed by atoms with van der Waals surface area (Å²) in [5.41, 5.74) is 0. The van der Waals surface area contributed by atoms with E-state index in [9.17, 15) is 0 Å². The van der Waals surface area contributed by atoms with Crippen molar-refractivity contribution in [2.24, 2.45) is 0 Å². The van der Waals surface area contributed by atoms with Gasteiger partial charge in [-0.2, -0.15) is 0 Å². The molecule has 0 aromatic heterocycles. The van der Waals surface area contributed by atoms with Crippen LogP contribution >= 0.6 is 0 Å². The molecule has 16 heavy (non-hydrogen) atoms. The van der Waals surface area contributed by atoms with E-state index >= 15 is 0 Å². The van der Waals surface area contributed by atoms with Crippen molar-refractivity contribution in [2.45, 2.75) is 19.3 Å². The van der Waals surface area contributed by atoms with Crippen LogP contribution < -0.4 is 24.0 Å². The second kappa shape index (κ2) is 6.83. The van der Waals surface area contributed by atoms with E-state index in [1.54, 1.807) is 0 Å². The Kier molecular flexibility index (Phi) is 6.92. The number of likely N-dealkylation sites (tertiary alicyclic amines) is 1. The molecule has 0 radical (unpaired) electrons. The van der Waals surface area contributed by atoms with Crippen molar-refractivity contribution in [3.63, 3.8) is 0 Å². The minimum Gasteiger partial charge on any atom is -1.00 e. The maximum absolute atomic E-state index is 3.35. The van der Waals surface area contributed by atoms with Crippen LogP contribution in [0.15, 0.2) is 0 Å². The summed E-state index contributed by atoms with van der Waals surface area (Å²) in [7, 11) is 8.99. The van der Waals surface area contributed by atoms with E-state index in [1.165, 1.54) is 30.4 Å². The number of halogens is 1. The normalized spacial score (nSPS) is 18.5. The van der Waals surface area contributed by atoms with E-state index in [-0.39, 0.29) is 24.0 Å². The molecule has 1 saturated heterocycles. The van der Waals surface area contributed by atoms with Crippen LogP contribution in [0.3, 0.4) is 0 Å². The van der Waals surface area contributed by atoms with Crippen LogP contribution in [-0.4, -0.2) is 63.3 Å². The highest BCUT2D eigenvalue weighted by atomic mass is 127. The molecule has 0 atom stereocenters. The topological polar surface area (TPSA) is 0 Å². The highest BCUT2D eigenvalue weighted by Gasteiger charge is 2.25. The van der Waals surface area contributed by atoms with Gasteiger partial charge in [0.05, 0.1) is 54.2 Å². The quantitative estimate of drug-likeness (QED) is 0.328. The van der Waals surface area contributed by atoms with Gasteiger partial charge < -0.3 is 32.9 Å². The minimum atomic E-state index is 0. The Morgan fingerprint density at radius 2 is 1.62 bits per heavy atom. The molecule has 0 N–H and O–H groups in total. The molecule has 94 valence electrons. The van der Waals surface area contributed by atoms with E-state index in [4.69, 9.17) is 0 Å². The van der Waals surface area contributed by atoms with Crippen LogP contribution in [0.4, 0.5) is 0 Å². The maximum atomic E-state index is 3.35. The Balaban J connectivity index is 0.00000225. The number of nitrogens with zero attached hydrogens (tertiary/aromatic N) is 2. The molecule has 2 nitrogen and oxygen atoms in total. The van der Waals surface area contributed by atoms with Gasteiger partial charge in [-0.3, -0.25) is 0 Å². The largest absolute Gasteiger partial charge is 1.00 e. The summed E-state index contributed by atoms with van der Waals surface area (Å²) in [6.45, 7) is 4.85. The SMILES string of the molecule is C[N+](C)(C)CCC#CC[N+]1(C)CCCC1.[I-]. The predicted molar refractivity (Wildman–Crippen MR) is 65.3 cm³/mol. The Morgan fingerprint density at radius 3 is 2.12 bits per heavy atom. The van der Waals surface area contributed by atoms with Gasteiger partial charge in [0, 0.05) is 12.8 Å². The molecule has 0 bridgehead atoms. The molecule has 0 amide bonds. The van der Waals surface area contributed by atoms with Gasteiger partial charge in [0.1, 0.15) is 6.54 Å². The Bertz CT molecular complexity index is 251. The second-order valence-corrected chi connectivity index (χ2v) is 6.05. The van der Waals surface area contributed by atoms with E-state index in [0.717, 1.165) is 24.0 Å². The van der Waals surface area contributed by atoms with Crippen molar-refractivity contribution in [2.75, 3.05) is 54.4 Å². The second-order valence-electron chi connectivity index (χ2n) is 6.05. The van der Waals surface area contributed by atoms with Crippen LogP contribution in [-0.2, 0) is 0 Å². The fourth-order valence-corrected chi connectivity index (χ4v) is 1.98. The Hall–Kier alpha value is 0.210. The molecule has 0 aromatic rings. The third-order valence-electron chi connectivity index (χ3n) is 3.14. The van der Waals surface area contributed by atoms with Crippen molar-refractivity contribution >= 4 is 0 Å². The lowest BCUT2D eigenvalue weighted by atomic mass is 10.3. The van der Waals surface area contributed by atoms with Gasteiger partial charge in [0.2, 0.25) is 0 Å². The molecule has 0 unspecified atom stereocenters. The first kappa shape index (κ1) is 16.2. The van der Waals surface area contributed by atoms with Crippen LogP contribution in [0.1, 0.15) is 19.3 Å². The lowest BCUT2D eigenvalue weighted by Crippen LogP contribution is -3.00. The van der Waals surface area contributed by atoms with Gasteiger partial charge in [0.15, 0.2) is 0 Å². The first-order valence-corrected chi connectivity index (χ1v) is 6.01. The summed E-state index contributed by atoms with van der Waals surface area (Å²) in [6.07, 6.45) is 3.80. The number of quaternary nitrogens is 2. The number of rotatable bonds is 3. The molecule has 1 heterocycles. The van der Waals surface area contributed by atoms with E-state index < -0.39 is 0 Å². The summed E-state index contributed by atoms with van der Waals surface area (Å²) in [5.74, 6) is 6.67. The number of hydrogen-bond donors (Lipinski definition) is 0. The summed E-state index contributed by atoms with van der Waals surface area (Å²) in [6, 6.07) is 0. The third kappa shape index (κ3) is 6.72. The molecular weight excluding hydrogens is 311 g/mol. The zero-order valence-electron chi connectivity index (χ0n) is 11.2. The minimum absolute atomic E-state index is 0. The lowest BCUT2D eigenvalue weighted by molar-refractivity contribution is -0.890. The zero-order valence-corrected chi connectivity index (χ0v) is 13.4. The summed E-state index contributed by atoms with van der Waals surface area (Å²) in [5, 5.41) is 0. The van der Waals surface area contributed by atoms with E-state index in [2.05, 4.69) is 40.0 Å². The van der Waals surface area contributed by atoms with Crippen molar-refractivity contribution in [3.05, 3.63) is 0 Å². The predicted octanol–water partition coefficient (Wildman–Crippen LogP) is -1.67. The fraction of sp³-hybridized carbons (Fsp3) is 0.846. The highest BCUT2D eigenvalue weighted by molar-refractivity contribution is 4.99. The molecular formula is C13H26IN2+. The van der Waals surface area contributed by atoms with Gasteiger partial charge in [-0.15, -0.1) is 0 Å². The first-order chi connectivity index (χ1) is 6.91. The van der Waals surface area contributed by atoms with Crippen LogP contribution in [0.5, 0.6) is 0 Å². The Labute approximate surface area is 118 Å². The van der Waals surface area contributed by atoms with Gasteiger partial charge >= 0.3 is 0 Å². The molecule has 0 spiro atoms. The van der Waals surface area contributed by atoms with E-state index in [0.29, 0.717) is 0 Å². The van der Waals surface area contributed by atoms with Crippen molar-refractivity contribution in [3.8, 4) is 11.8 Å². The van der Waals surface area contributed by atoms with E-state index in [1.807, 2.05) is 0 Å². The van der Waals surface area contributed by atoms with Crippen molar-refractivity contribution < 1.29 is 32.9 Å². The molecule has 1 aliphatic rings. The zero-order chi connectivity index (χ0) is 11.4. The summed E-state index contributed by atoms with van der Waals surface area (Å²) >= 11 is 0. The lowest BCUT2D eigenvalue weighted by Gasteiger charge is -2.26. The summed E-state index contributed by atoms with van der Waals surface area (Å²) < 4.78 is 2.19. The molecule has 1 rings (SSSR count). The van der Waals surface area contributed by atoms with Crippen molar-refractivity contribution in [1.82, 2.24) is 0 Å². The van der Waals surface area contributed by atoms with Gasteiger partial charge in [-0.25, -0.2) is 0 Å². The molecule has 0 aliphatic carbocycles. The van der Waals surface area contributed by atoms with Gasteiger partial charge in [0.25, 0.3) is 0 Å². The first-order valence-electron chi connectivity index (χ1n) is 6.01. The third-order valence-corrected chi connectivity index (χ3v) is 3.14. The standard InChI is InChI=1S/C13H26N2.HI/c1-14(2,3)10-6-5-7-11-15(4)12-8-9-13-15;/h6,8-13H2,1-4H3;1H/q+2;/p-1. The molecule has 0 saturated carbocycles. The molecule has 1 fully saturated rings. The molecule has 1 aliphatic heterocycles. The average molecular weight is 337 g/mol. The maximum Gasteiger partial charge on any atom is 0.140 e. The smallest absolute Gasteiger partial charge is 0.140 e. The van der Waals surface area contributed by atoms with Crippen LogP contribution in [0, 0.1) is 11.8 Å². The average Bonchev–Trinajstić information content (AvgIpc) is 2.50. The molecule has 0 aromatic carbocycles. The van der Waals surface area contributed by atoms with Gasteiger partial charge in [-0.05, 0) is 5.92 Å². The van der Waals surface area contributed by atoms with Crippen LogP contribution in [0.2, 0.25) is 0 Å². The summed E-state index contributed by atoms with van der Waals surface area (Å²) in [4.78, 5) is 0. The highest BCUT2D eigenvalue weighted by Crippen LogP contribution is 2.14. The van der Waals surface area contributed by atoms with Gasteiger partial charge in [-0.1, -0.05) is 5.92 Å². The van der Waals surface area contributed by atoms with Crippen molar-refractivity contribution in [1.29, 1.82) is 0 Å². The van der Waals surface area contributed by atoms with Crippen LogP contribution in [0.25, 0.3) is 0 Å². The fourth-order valence-electron chi connectivity index (χ4n) is 1.98. The molecule has 3 heteroatoms.